The molecule has 2 nitrogen and oxygen atoms in total. The van der Waals surface area contributed by atoms with Gasteiger partial charge in [0.1, 0.15) is 0 Å². The van der Waals surface area contributed by atoms with Crippen LogP contribution in [0.4, 0.5) is 0 Å². The molecule has 17 heavy (non-hydrogen) atoms. The van der Waals surface area contributed by atoms with E-state index < -0.39 is 0 Å². The summed E-state index contributed by atoms with van der Waals surface area (Å²) in [4.78, 5) is 5.35. The summed E-state index contributed by atoms with van der Waals surface area (Å²) in [5.74, 6) is 0.483. The first-order chi connectivity index (χ1) is 8.29. The average Bonchev–Trinajstić information content (AvgIpc) is 2.91. The van der Waals surface area contributed by atoms with Gasteiger partial charge in [-0.25, -0.2) is 4.98 Å². The van der Waals surface area contributed by atoms with Crippen molar-refractivity contribution in [3.63, 3.8) is 0 Å². The van der Waals surface area contributed by atoms with Crippen molar-refractivity contribution < 1.29 is 0 Å². The van der Waals surface area contributed by atoms with Crippen molar-refractivity contribution in [2.75, 3.05) is 0 Å². The lowest BCUT2D eigenvalue weighted by Gasteiger charge is -2.02. The van der Waals surface area contributed by atoms with E-state index in [1.807, 2.05) is 6.20 Å². The van der Waals surface area contributed by atoms with Crippen LogP contribution in [0.3, 0.4) is 0 Å². The second kappa shape index (κ2) is 4.17. The highest BCUT2D eigenvalue weighted by atomic mass is 35.5. The van der Waals surface area contributed by atoms with Crippen molar-refractivity contribution in [3.05, 3.63) is 47.1 Å². The number of fused-ring (bicyclic) bond motifs is 1. The SMILES string of the molecule is Cc1ccc(-c2csc3ncc(CCl)n23)cc1. The molecule has 2 heterocycles. The molecule has 0 unspecified atom stereocenters. The maximum absolute atomic E-state index is 5.93. The van der Waals surface area contributed by atoms with E-state index >= 15 is 0 Å². The molecule has 2 aromatic heterocycles. The molecule has 0 saturated heterocycles. The average molecular weight is 263 g/mol. The molecule has 1 aromatic carbocycles. The number of benzene rings is 1. The third-order valence-electron chi connectivity index (χ3n) is 2.80. The number of aryl methyl sites for hydroxylation is 1. The van der Waals surface area contributed by atoms with Crippen molar-refractivity contribution in [1.82, 2.24) is 9.38 Å². The van der Waals surface area contributed by atoms with Gasteiger partial charge in [0.25, 0.3) is 0 Å². The first-order valence-electron chi connectivity index (χ1n) is 5.36. The summed E-state index contributed by atoms with van der Waals surface area (Å²) in [5.41, 5.74) is 4.67. The van der Waals surface area contributed by atoms with Crippen LogP contribution < -0.4 is 0 Å². The van der Waals surface area contributed by atoms with Gasteiger partial charge in [0.15, 0.2) is 4.96 Å². The van der Waals surface area contributed by atoms with Crippen LogP contribution in [-0.2, 0) is 5.88 Å². The summed E-state index contributed by atoms with van der Waals surface area (Å²) in [6, 6.07) is 8.51. The summed E-state index contributed by atoms with van der Waals surface area (Å²) in [6.07, 6.45) is 1.84. The number of hydrogen-bond acceptors (Lipinski definition) is 2. The first-order valence-corrected chi connectivity index (χ1v) is 6.78. The van der Waals surface area contributed by atoms with E-state index in [0.29, 0.717) is 5.88 Å². The topological polar surface area (TPSA) is 17.3 Å². The molecule has 0 radical (unpaired) electrons. The normalized spacial score (nSPS) is 11.2. The molecule has 0 bridgehead atoms. The van der Waals surface area contributed by atoms with Crippen molar-refractivity contribution in [2.24, 2.45) is 0 Å². The molecule has 0 amide bonds. The predicted octanol–water partition coefficient (Wildman–Crippen LogP) is 4.11. The van der Waals surface area contributed by atoms with Crippen LogP contribution in [0, 0.1) is 6.92 Å². The van der Waals surface area contributed by atoms with Gasteiger partial charge in [-0.05, 0) is 12.5 Å². The Bertz CT molecular complexity index is 652. The first kappa shape index (κ1) is 10.8. The van der Waals surface area contributed by atoms with Crippen molar-refractivity contribution >= 4 is 27.9 Å². The number of alkyl halides is 1. The fourth-order valence-corrected chi connectivity index (χ4v) is 2.97. The summed E-state index contributed by atoms with van der Waals surface area (Å²) in [5, 5.41) is 2.13. The van der Waals surface area contributed by atoms with Crippen LogP contribution >= 0.6 is 22.9 Å². The summed E-state index contributed by atoms with van der Waals surface area (Å²) >= 11 is 7.58. The molecular formula is C13H11ClN2S. The largest absolute Gasteiger partial charge is 0.286 e. The highest BCUT2D eigenvalue weighted by Gasteiger charge is 2.10. The van der Waals surface area contributed by atoms with Crippen molar-refractivity contribution in [2.45, 2.75) is 12.8 Å². The van der Waals surface area contributed by atoms with Crippen LogP contribution in [-0.4, -0.2) is 9.38 Å². The molecular weight excluding hydrogens is 252 g/mol. The smallest absolute Gasteiger partial charge is 0.194 e. The third-order valence-corrected chi connectivity index (χ3v) is 3.92. The number of hydrogen-bond donors (Lipinski definition) is 0. The fraction of sp³-hybridized carbons (Fsp3) is 0.154. The lowest BCUT2D eigenvalue weighted by molar-refractivity contribution is 1.12. The minimum Gasteiger partial charge on any atom is -0.286 e. The number of thiazole rings is 1. The Kier molecular flexibility index (Phi) is 2.65. The Hall–Kier alpha value is -1.32. The van der Waals surface area contributed by atoms with Crippen LogP contribution in [0.25, 0.3) is 16.2 Å². The Balaban J connectivity index is 2.22. The van der Waals surface area contributed by atoms with Gasteiger partial charge in [-0.3, -0.25) is 4.40 Å². The van der Waals surface area contributed by atoms with Gasteiger partial charge in [-0.1, -0.05) is 29.8 Å². The molecule has 0 aliphatic heterocycles. The fourth-order valence-electron chi connectivity index (χ4n) is 1.89. The van der Waals surface area contributed by atoms with Gasteiger partial charge in [0.05, 0.1) is 23.5 Å². The number of halogens is 1. The van der Waals surface area contributed by atoms with Crippen LogP contribution in [0.1, 0.15) is 11.3 Å². The highest BCUT2D eigenvalue weighted by molar-refractivity contribution is 7.15. The molecule has 86 valence electrons. The minimum absolute atomic E-state index is 0.483. The van der Waals surface area contributed by atoms with E-state index in [9.17, 15) is 0 Å². The second-order valence-electron chi connectivity index (χ2n) is 3.99. The van der Waals surface area contributed by atoms with Crippen molar-refractivity contribution in [3.8, 4) is 11.3 Å². The summed E-state index contributed by atoms with van der Waals surface area (Å²) < 4.78 is 2.13. The Morgan fingerprint density at radius 1 is 1.29 bits per heavy atom. The molecule has 4 heteroatoms. The lowest BCUT2D eigenvalue weighted by Crippen LogP contribution is -1.90. The zero-order valence-corrected chi connectivity index (χ0v) is 10.9. The van der Waals surface area contributed by atoms with Crippen LogP contribution in [0.2, 0.25) is 0 Å². The van der Waals surface area contributed by atoms with E-state index in [2.05, 4.69) is 46.0 Å². The Labute approximate surface area is 108 Å². The zero-order chi connectivity index (χ0) is 11.8. The molecule has 3 aromatic rings. The molecule has 0 aliphatic carbocycles. The summed E-state index contributed by atoms with van der Waals surface area (Å²) in [7, 11) is 0. The molecule has 0 saturated carbocycles. The van der Waals surface area contributed by atoms with E-state index in [1.54, 1.807) is 11.3 Å². The molecule has 3 rings (SSSR count). The Morgan fingerprint density at radius 2 is 2.06 bits per heavy atom. The second-order valence-corrected chi connectivity index (χ2v) is 5.09. The molecule has 0 aliphatic rings. The van der Waals surface area contributed by atoms with E-state index in [4.69, 9.17) is 11.6 Å². The predicted molar refractivity (Wildman–Crippen MR) is 72.8 cm³/mol. The quantitative estimate of drug-likeness (QED) is 0.636. The van der Waals surface area contributed by atoms with Gasteiger partial charge < -0.3 is 0 Å². The number of nitrogens with zero attached hydrogens (tertiary/aromatic N) is 2. The summed E-state index contributed by atoms with van der Waals surface area (Å²) in [6.45, 7) is 2.09. The maximum Gasteiger partial charge on any atom is 0.194 e. The van der Waals surface area contributed by atoms with Gasteiger partial charge in [0.2, 0.25) is 0 Å². The third kappa shape index (κ3) is 1.75. The van der Waals surface area contributed by atoms with E-state index in [-0.39, 0.29) is 0 Å². The van der Waals surface area contributed by atoms with E-state index in [0.717, 1.165) is 16.3 Å². The Morgan fingerprint density at radius 3 is 2.76 bits per heavy atom. The van der Waals surface area contributed by atoms with Crippen LogP contribution in [0.15, 0.2) is 35.8 Å². The number of aromatic nitrogens is 2. The van der Waals surface area contributed by atoms with Crippen LogP contribution in [0.5, 0.6) is 0 Å². The standard InChI is InChI=1S/C13H11ClN2S/c1-9-2-4-10(5-3-9)12-8-17-13-15-7-11(6-14)16(12)13/h2-5,7-8H,6H2,1H3. The zero-order valence-electron chi connectivity index (χ0n) is 9.35. The molecule has 0 fully saturated rings. The lowest BCUT2D eigenvalue weighted by atomic mass is 10.1. The maximum atomic E-state index is 5.93. The van der Waals surface area contributed by atoms with Gasteiger partial charge >= 0.3 is 0 Å². The van der Waals surface area contributed by atoms with Gasteiger partial charge in [0, 0.05) is 5.38 Å². The number of rotatable bonds is 2. The van der Waals surface area contributed by atoms with Gasteiger partial charge in [-0.2, -0.15) is 0 Å². The molecule has 0 atom stereocenters. The monoisotopic (exact) mass is 262 g/mol. The number of imidazole rings is 1. The van der Waals surface area contributed by atoms with E-state index in [1.165, 1.54) is 11.1 Å². The van der Waals surface area contributed by atoms with Gasteiger partial charge in [-0.15, -0.1) is 22.9 Å². The highest BCUT2D eigenvalue weighted by Crippen LogP contribution is 2.27. The minimum atomic E-state index is 0.483. The molecule has 0 N–H and O–H groups in total. The molecule has 0 spiro atoms. The van der Waals surface area contributed by atoms with Crippen molar-refractivity contribution in [1.29, 1.82) is 0 Å².